The molecule has 0 radical (unpaired) electrons. The quantitative estimate of drug-likeness (QED) is 0.831. The lowest BCUT2D eigenvalue weighted by Crippen LogP contribution is -2.16. The van der Waals surface area contributed by atoms with Crippen LogP contribution in [0.2, 0.25) is 0 Å². The van der Waals surface area contributed by atoms with Gasteiger partial charge in [-0.1, -0.05) is 18.2 Å². The van der Waals surface area contributed by atoms with E-state index in [1.807, 2.05) is 0 Å². The predicted octanol–water partition coefficient (Wildman–Crippen LogP) is 2.36. The third-order valence-corrected chi connectivity index (χ3v) is 4.05. The van der Waals surface area contributed by atoms with Gasteiger partial charge in [0.2, 0.25) is 10.0 Å². The van der Waals surface area contributed by atoms with E-state index in [-0.39, 0.29) is 17.2 Å². The Kier molecular flexibility index (Phi) is 4.32. The normalized spacial score (nSPS) is 11.1. The fraction of sp³-hybridized carbons (Fsp3) is 0.143. The van der Waals surface area contributed by atoms with E-state index in [0.29, 0.717) is 11.3 Å². The number of hydrogen-bond acceptors (Lipinski definition) is 4. The van der Waals surface area contributed by atoms with Crippen LogP contribution in [0.5, 0.6) is 5.75 Å². The Labute approximate surface area is 122 Å². The van der Waals surface area contributed by atoms with Gasteiger partial charge in [0.05, 0.1) is 18.6 Å². The maximum atomic E-state index is 13.1. The standard InChI is InChI=1S/C14H15FN2O3S/c1-20-14-8-11(15)6-7-13(14)17-21(18,19)9-10-4-2-3-5-12(10)16/h2-8,17H,9,16H2,1H3. The summed E-state index contributed by atoms with van der Waals surface area (Å²) in [7, 11) is -2.35. The smallest absolute Gasteiger partial charge is 0.237 e. The zero-order chi connectivity index (χ0) is 15.5. The molecule has 112 valence electrons. The lowest BCUT2D eigenvalue weighted by Gasteiger charge is -2.12. The van der Waals surface area contributed by atoms with Crippen LogP contribution in [0, 0.1) is 5.82 Å². The summed E-state index contributed by atoms with van der Waals surface area (Å²) in [6, 6.07) is 10.3. The number of halogens is 1. The molecule has 2 aromatic carbocycles. The Bertz CT molecular complexity index is 748. The zero-order valence-electron chi connectivity index (χ0n) is 11.3. The van der Waals surface area contributed by atoms with Crippen LogP contribution in [0.25, 0.3) is 0 Å². The highest BCUT2D eigenvalue weighted by atomic mass is 32.2. The lowest BCUT2D eigenvalue weighted by atomic mass is 10.2. The summed E-state index contributed by atoms with van der Waals surface area (Å²) >= 11 is 0. The molecule has 0 unspecified atom stereocenters. The van der Waals surface area contributed by atoms with Crippen molar-refractivity contribution in [3.8, 4) is 5.75 Å². The van der Waals surface area contributed by atoms with Crippen molar-refractivity contribution in [1.82, 2.24) is 0 Å². The summed E-state index contributed by atoms with van der Waals surface area (Å²) in [4.78, 5) is 0. The van der Waals surface area contributed by atoms with Crippen LogP contribution >= 0.6 is 0 Å². The molecule has 21 heavy (non-hydrogen) atoms. The number of methoxy groups -OCH3 is 1. The minimum atomic E-state index is -3.69. The summed E-state index contributed by atoms with van der Waals surface area (Å²) in [5, 5.41) is 0. The van der Waals surface area contributed by atoms with Gasteiger partial charge in [-0.15, -0.1) is 0 Å². The number of nitrogens with one attached hydrogen (secondary N) is 1. The van der Waals surface area contributed by atoms with Crippen LogP contribution in [-0.2, 0) is 15.8 Å². The molecule has 0 aliphatic carbocycles. The zero-order valence-corrected chi connectivity index (χ0v) is 12.2. The number of benzene rings is 2. The molecule has 0 aliphatic heterocycles. The molecule has 0 saturated carbocycles. The number of sulfonamides is 1. The average Bonchev–Trinajstić information content (AvgIpc) is 2.43. The average molecular weight is 310 g/mol. The first-order valence-corrected chi connectivity index (χ1v) is 7.74. The van der Waals surface area contributed by atoms with Crippen LogP contribution in [0.15, 0.2) is 42.5 Å². The molecule has 0 heterocycles. The summed E-state index contributed by atoms with van der Waals surface area (Å²) < 4.78 is 44.7. The Morgan fingerprint density at radius 2 is 1.95 bits per heavy atom. The first kappa shape index (κ1) is 15.1. The van der Waals surface area contributed by atoms with E-state index < -0.39 is 15.8 Å². The van der Waals surface area contributed by atoms with E-state index in [4.69, 9.17) is 10.5 Å². The number of ether oxygens (including phenoxy) is 1. The maximum absolute atomic E-state index is 13.1. The van der Waals surface area contributed by atoms with E-state index in [1.54, 1.807) is 24.3 Å². The second kappa shape index (κ2) is 6.01. The number of nitrogen functional groups attached to an aromatic ring is 1. The second-order valence-electron chi connectivity index (χ2n) is 4.40. The minimum absolute atomic E-state index is 0.111. The van der Waals surface area contributed by atoms with Gasteiger partial charge < -0.3 is 10.5 Å². The van der Waals surface area contributed by atoms with Crippen LogP contribution < -0.4 is 15.2 Å². The van der Waals surface area contributed by atoms with Gasteiger partial charge in [-0.2, -0.15) is 0 Å². The van der Waals surface area contributed by atoms with Crippen LogP contribution in [0.3, 0.4) is 0 Å². The molecule has 5 nitrogen and oxygen atoms in total. The molecule has 0 saturated heterocycles. The van der Waals surface area contributed by atoms with Gasteiger partial charge in [0, 0.05) is 11.8 Å². The van der Waals surface area contributed by atoms with E-state index >= 15 is 0 Å². The molecule has 0 aliphatic rings. The number of nitrogens with two attached hydrogens (primary N) is 1. The van der Waals surface area contributed by atoms with Gasteiger partial charge in [-0.3, -0.25) is 4.72 Å². The molecule has 2 rings (SSSR count). The Morgan fingerprint density at radius 3 is 2.62 bits per heavy atom. The molecule has 0 atom stereocenters. The highest BCUT2D eigenvalue weighted by Crippen LogP contribution is 2.27. The van der Waals surface area contributed by atoms with Crippen LogP contribution in [0.4, 0.5) is 15.8 Å². The summed E-state index contributed by atoms with van der Waals surface area (Å²) in [6.07, 6.45) is 0. The topological polar surface area (TPSA) is 81.4 Å². The van der Waals surface area contributed by atoms with Gasteiger partial charge in [-0.05, 0) is 23.8 Å². The SMILES string of the molecule is COc1cc(F)ccc1NS(=O)(=O)Cc1ccccc1N. The van der Waals surface area contributed by atoms with Gasteiger partial charge in [0.15, 0.2) is 0 Å². The van der Waals surface area contributed by atoms with Crippen molar-refractivity contribution in [2.75, 3.05) is 17.6 Å². The molecule has 0 aromatic heterocycles. The van der Waals surface area contributed by atoms with Gasteiger partial charge in [0.25, 0.3) is 0 Å². The van der Waals surface area contributed by atoms with E-state index in [0.717, 1.165) is 12.1 Å². The van der Waals surface area contributed by atoms with Crippen LogP contribution in [0.1, 0.15) is 5.56 Å². The minimum Gasteiger partial charge on any atom is -0.494 e. The highest BCUT2D eigenvalue weighted by Gasteiger charge is 2.16. The van der Waals surface area contributed by atoms with Gasteiger partial charge in [-0.25, -0.2) is 12.8 Å². The molecule has 0 spiro atoms. The molecule has 3 N–H and O–H groups in total. The second-order valence-corrected chi connectivity index (χ2v) is 6.13. The first-order chi connectivity index (χ1) is 9.91. The number of para-hydroxylation sites is 1. The Balaban J connectivity index is 2.24. The number of anilines is 2. The van der Waals surface area contributed by atoms with Gasteiger partial charge in [0.1, 0.15) is 11.6 Å². The first-order valence-electron chi connectivity index (χ1n) is 6.09. The fourth-order valence-electron chi connectivity index (χ4n) is 1.82. The maximum Gasteiger partial charge on any atom is 0.237 e. The number of hydrogen-bond donors (Lipinski definition) is 2. The van der Waals surface area contributed by atoms with Crippen LogP contribution in [-0.4, -0.2) is 15.5 Å². The van der Waals surface area contributed by atoms with E-state index in [9.17, 15) is 12.8 Å². The lowest BCUT2D eigenvalue weighted by molar-refractivity contribution is 0.413. The molecular formula is C14H15FN2O3S. The third kappa shape index (κ3) is 3.85. The molecular weight excluding hydrogens is 295 g/mol. The highest BCUT2D eigenvalue weighted by molar-refractivity contribution is 7.91. The van der Waals surface area contributed by atoms with E-state index in [2.05, 4.69) is 4.72 Å². The van der Waals surface area contributed by atoms with Crippen molar-refractivity contribution in [1.29, 1.82) is 0 Å². The van der Waals surface area contributed by atoms with Gasteiger partial charge >= 0.3 is 0 Å². The Hall–Kier alpha value is -2.28. The molecule has 0 bridgehead atoms. The van der Waals surface area contributed by atoms with Crippen molar-refractivity contribution in [3.05, 3.63) is 53.8 Å². The molecule has 7 heteroatoms. The summed E-state index contributed by atoms with van der Waals surface area (Å²) in [5.41, 5.74) is 6.79. The van der Waals surface area contributed by atoms with Crippen molar-refractivity contribution in [2.24, 2.45) is 0 Å². The van der Waals surface area contributed by atoms with Crippen molar-refractivity contribution >= 4 is 21.4 Å². The monoisotopic (exact) mass is 310 g/mol. The third-order valence-electron chi connectivity index (χ3n) is 2.83. The largest absolute Gasteiger partial charge is 0.494 e. The van der Waals surface area contributed by atoms with Crippen molar-refractivity contribution in [3.63, 3.8) is 0 Å². The number of rotatable bonds is 5. The molecule has 0 amide bonds. The molecule has 0 fully saturated rings. The Morgan fingerprint density at radius 1 is 1.24 bits per heavy atom. The fourth-order valence-corrected chi connectivity index (χ4v) is 3.07. The molecule has 2 aromatic rings. The van der Waals surface area contributed by atoms with E-state index in [1.165, 1.54) is 13.2 Å². The summed E-state index contributed by atoms with van der Waals surface area (Å²) in [5.74, 6) is -0.679. The summed E-state index contributed by atoms with van der Waals surface area (Å²) in [6.45, 7) is 0. The predicted molar refractivity (Wildman–Crippen MR) is 80.1 cm³/mol. The van der Waals surface area contributed by atoms with Crippen molar-refractivity contribution in [2.45, 2.75) is 5.75 Å². The van der Waals surface area contributed by atoms with Crippen molar-refractivity contribution < 1.29 is 17.5 Å².